The van der Waals surface area contributed by atoms with Gasteiger partial charge in [0.1, 0.15) is 0 Å². The molecule has 2 fully saturated rings. The van der Waals surface area contributed by atoms with Gasteiger partial charge in [-0.1, -0.05) is 19.8 Å². The molecular formula is C13H26N2. The molecule has 1 unspecified atom stereocenters. The van der Waals surface area contributed by atoms with Gasteiger partial charge in [-0.05, 0) is 51.7 Å². The molecule has 2 aliphatic rings. The lowest BCUT2D eigenvalue weighted by molar-refractivity contribution is 0.129. The molecule has 0 aromatic rings. The average Bonchev–Trinajstić information content (AvgIpc) is 2.32. The smallest absolute Gasteiger partial charge is 0.0306 e. The highest BCUT2D eigenvalue weighted by Crippen LogP contribution is 2.25. The van der Waals surface area contributed by atoms with Crippen molar-refractivity contribution in [2.75, 3.05) is 26.2 Å². The number of rotatable bonds is 3. The van der Waals surface area contributed by atoms with Crippen molar-refractivity contribution in [2.45, 2.75) is 57.4 Å². The summed E-state index contributed by atoms with van der Waals surface area (Å²) in [6, 6.07) is 0. The van der Waals surface area contributed by atoms with Crippen molar-refractivity contribution in [3.8, 4) is 0 Å². The molecule has 0 saturated carbocycles. The fourth-order valence-electron chi connectivity index (χ4n) is 3.12. The molecule has 2 heterocycles. The van der Waals surface area contributed by atoms with Crippen LogP contribution in [-0.4, -0.2) is 36.6 Å². The molecule has 0 aromatic heterocycles. The molecule has 2 nitrogen and oxygen atoms in total. The Morgan fingerprint density at radius 2 is 1.87 bits per heavy atom. The Bertz CT molecular complexity index is 179. The number of likely N-dealkylation sites (tertiary alicyclic amines) is 1. The van der Waals surface area contributed by atoms with Gasteiger partial charge in [0.15, 0.2) is 0 Å². The van der Waals surface area contributed by atoms with Crippen molar-refractivity contribution in [3.05, 3.63) is 0 Å². The summed E-state index contributed by atoms with van der Waals surface area (Å²) >= 11 is 0. The second kappa shape index (κ2) is 5.31. The zero-order valence-corrected chi connectivity index (χ0v) is 10.2. The molecule has 0 radical (unpaired) electrons. The molecule has 1 atom stereocenters. The molecule has 88 valence electrons. The molecule has 0 amide bonds. The summed E-state index contributed by atoms with van der Waals surface area (Å²) in [7, 11) is 0. The van der Waals surface area contributed by atoms with Crippen LogP contribution in [0, 0.1) is 0 Å². The minimum absolute atomic E-state index is 0.454. The van der Waals surface area contributed by atoms with Crippen molar-refractivity contribution in [1.82, 2.24) is 10.2 Å². The predicted molar refractivity (Wildman–Crippen MR) is 65.2 cm³/mol. The van der Waals surface area contributed by atoms with E-state index in [0.29, 0.717) is 5.54 Å². The molecular weight excluding hydrogens is 184 g/mol. The third-order valence-corrected chi connectivity index (χ3v) is 4.23. The third kappa shape index (κ3) is 2.94. The molecule has 2 aliphatic heterocycles. The Hall–Kier alpha value is -0.0800. The van der Waals surface area contributed by atoms with E-state index in [1.807, 2.05) is 0 Å². The highest BCUT2D eigenvalue weighted by molar-refractivity contribution is 4.93. The first-order chi connectivity index (χ1) is 7.35. The molecule has 0 aromatic carbocycles. The van der Waals surface area contributed by atoms with Crippen molar-refractivity contribution in [2.24, 2.45) is 0 Å². The van der Waals surface area contributed by atoms with Crippen LogP contribution in [0.5, 0.6) is 0 Å². The van der Waals surface area contributed by atoms with E-state index in [2.05, 4.69) is 17.1 Å². The van der Waals surface area contributed by atoms with Crippen LogP contribution in [0.3, 0.4) is 0 Å². The Kier molecular flexibility index (Phi) is 4.04. The van der Waals surface area contributed by atoms with Gasteiger partial charge in [-0.15, -0.1) is 0 Å². The highest BCUT2D eigenvalue weighted by Gasteiger charge is 2.31. The van der Waals surface area contributed by atoms with E-state index in [4.69, 9.17) is 0 Å². The van der Waals surface area contributed by atoms with Crippen molar-refractivity contribution in [1.29, 1.82) is 0 Å². The standard InChI is InChI=1S/C13H26N2/c1-2-13(8-4-5-9-14-13)12-15-10-6-3-7-11-15/h14H,2-12H2,1H3. The van der Waals surface area contributed by atoms with E-state index in [0.717, 1.165) is 0 Å². The lowest BCUT2D eigenvalue weighted by Gasteiger charge is -2.42. The first kappa shape index (κ1) is 11.4. The summed E-state index contributed by atoms with van der Waals surface area (Å²) in [5.74, 6) is 0. The van der Waals surface area contributed by atoms with Gasteiger partial charge < -0.3 is 10.2 Å². The topological polar surface area (TPSA) is 15.3 Å². The monoisotopic (exact) mass is 210 g/mol. The maximum absolute atomic E-state index is 3.79. The second-order valence-corrected chi connectivity index (χ2v) is 5.35. The van der Waals surface area contributed by atoms with Crippen molar-refractivity contribution < 1.29 is 0 Å². The molecule has 0 aliphatic carbocycles. The predicted octanol–water partition coefficient (Wildman–Crippen LogP) is 2.39. The van der Waals surface area contributed by atoms with Gasteiger partial charge in [-0.25, -0.2) is 0 Å². The molecule has 2 saturated heterocycles. The maximum atomic E-state index is 3.79. The Balaban J connectivity index is 1.87. The normalized spacial score (nSPS) is 34.2. The number of nitrogens with one attached hydrogen (secondary N) is 1. The van der Waals surface area contributed by atoms with E-state index >= 15 is 0 Å². The Morgan fingerprint density at radius 1 is 1.07 bits per heavy atom. The lowest BCUT2D eigenvalue weighted by Crippen LogP contribution is -2.56. The quantitative estimate of drug-likeness (QED) is 0.769. The van der Waals surface area contributed by atoms with Crippen LogP contribution in [0.15, 0.2) is 0 Å². The average molecular weight is 210 g/mol. The van der Waals surface area contributed by atoms with E-state index < -0.39 is 0 Å². The lowest BCUT2D eigenvalue weighted by atomic mass is 9.85. The van der Waals surface area contributed by atoms with Crippen LogP contribution in [0.25, 0.3) is 0 Å². The third-order valence-electron chi connectivity index (χ3n) is 4.23. The van der Waals surface area contributed by atoms with Crippen LogP contribution in [0.1, 0.15) is 51.9 Å². The first-order valence-electron chi connectivity index (χ1n) is 6.82. The molecule has 0 bridgehead atoms. The Labute approximate surface area is 94.4 Å². The van der Waals surface area contributed by atoms with Crippen LogP contribution < -0.4 is 5.32 Å². The number of hydrogen-bond acceptors (Lipinski definition) is 2. The van der Waals surface area contributed by atoms with Crippen molar-refractivity contribution >= 4 is 0 Å². The highest BCUT2D eigenvalue weighted by atomic mass is 15.2. The summed E-state index contributed by atoms with van der Waals surface area (Å²) in [6.07, 6.45) is 9.77. The number of piperidine rings is 2. The molecule has 15 heavy (non-hydrogen) atoms. The minimum atomic E-state index is 0.454. The largest absolute Gasteiger partial charge is 0.310 e. The summed E-state index contributed by atoms with van der Waals surface area (Å²) in [4.78, 5) is 2.69. The van der Waals surface area contributed by atoms with Crippen molar-refractivity contribution in [3.63, 3.8) is 0 Å². The summed E-state index contributed by atoms with van der Waals surface area (Å²) < 4.78 is 0. The van der Waals surface area contributed by atoms with E-state index in [1.165, 1.54) is 71.1 Å². The maximum Gasteiger partial charge on any atom is 0.0306 e. The molecule has 2 heteroatoms. The van der Waals surface area contributed by atoms with Gasteiger partial charge >= 0.3 is 0 Å². The van der Waals surface area contributed by atoms with Gasteiger partial charge in [0.05, 0.1) is 0 Å². The van der Waals surface area contributed by atoms with Gasteiger partial charge in [0.2, 0.25) is 0 Å². The fraction of sp³-hybridized carbons (Fsp3) is 1.00. The van der Waals surface area contributed by atoms with Crippen LogP contribution >= 0.6 is 0 Å². The second-order valence-electron chi connectivity index (χ2n) is 5.35. The summed E-state index contributed by atoms with van der Waals surface area (Å²) in [5.41, 5.74) is 0.454. The summed E-state index contributed by atoms with van der Waals surface area (Å²) in [6.45, 7) is 7.56. The molecule has 1 N–H and O–H groups in total. The zero-order valence-electron chi connectivity index (χ0n) is 10.2. The van der Waals surface area contributed by atoms with Crippen LogP contribution in [-0.2, 0) is 0 Å². The zero-order chi connectivity index (χ0) is 10.6. The van der Waals surface area contributed by atoms with Gasteiger partial charge in [0, 0.05) is 12.1 Å². The fourth-order valence-corrected chi connectivity index (χ4v) is 3.12. The molecule has 0 spiro atoms. The first-order valence-corrected chi connectivity index (χ1v) is 6.82. The Morgan fingerprint density at radius 3 is 2.47 bits per heavy atom. The van der Waals surface area contributed by atoms with Crippen LogP contribution in [0.4, 0.5) is 0 Å². The summed E-state index contributed by atoms with van der Waals surface area (Å²) in [5, 5.41) is 3.79. The van der Waals surface area contributed by atoms with Gasteiger partial charge in [-0.2, -0.15) is 0 Å². The van der Waals surface area contributed by atoms with Crippen LogP contribution in [0.2, 0.25) is 0 Å². The van der Waals surface area contributed by atoms with Gasteiger partial charge in [-0.3, -0.25) is 0 Å². The van der Waals surface area contributed by atoms with Gasteiger partial charge in [0.25, 0.3) is 0 Å². The number of nitrogens with zero attached hydrogens (tertiary/aromatic N) is 1. The van der Waals surface area contributed by atoms with E-state index in [1.54, 1.807) is 0 Å². The molecule has 2 rings (SSSR count). The SMILES string of the molecule is CCC1(CN2CCCCC2)CCCCN1. The van der Waals surface area contributed by atoms with E-state index in [9.17, 15) is 0 Å². The number of hydrogen-bond donors (Lipinski definition) is 1. The van der Waals surface area contributed by atoms with E-state index in [-0.39, 0.29) is 0 Å². The minimum Gasteiger partial charge on any atom is -0.310 e.